The number of sulfonamides is 1. The molecule has 8 nitrogen and oxygen atoms in total. The summed E-state index contributed by atoms with van der Waals surface area (Å²) in [5.74, 6) is 0.386. The molecule has 1 aromatic rings. The molecule has 1 aromatic heterocycles. The SMILES string of the molecule is CC(NCc1ccc(S(N)(=O)=O)o1)C(=O)N1CCOCC1. The van der Waals surface area contributed by atoms with Crippen LogP contribution in [0.5, 0.6) is 0 Å². The molecule has 0 bridgehead atoms. The molecule has 0 saturated carbocycles. The van der Waals surface area contributed by atoms with Gasteiger partial charge in [-0.05, 0) is 19.1 Å². The molecule has 1 atom stereocenters. The summed E-state index contributed by atoms with van der Waals surface area (Å²) in [6, 6.07) is 2.41. The summed E-state index contributed by atoms with van der Waals surface area (Å²) >= 11 is 0. The van der Waals surface area contributed by atoms with Crippen molar-refractivity contribution in [3.05, 3.63) is 17.9 Å². The van der Waals surface area contributed by atoms with Crippen molar-refractivity contribution in [3.8, 4) is 0 Å². The summed E-state index contributed by atoms with van der Waals surface area (Å²) in [6.07, 6.45) is 0. The van der Waals surface area contributed by atoms with Crippen LogP contribution < -0.4 is 10.5 Å². The van der Waals surface area contributed by atoms with E-state index in [2.05, 4.69) is 5.32 Å². The standard InChI is InChI=1S/C12H19N3O5S/c1-9(12(16)15-4-6-19-7-5-15)14-8-10-2-3-11(20-10)21(13,17)18/h2-3,9,14H,4-8H2,1H3,(H2,13,17,18). The third kappa shape index (κ3) is 4.27. The fraction of sp³-hybridized carbons (Fsp3) is 0.583. The molecule has 1 aliphatic rings. The second kappa shape index (κ2) is 6.56. The van der Waals surface area contributed by atoms with Crippen LogP contribution in [0.25, 0.3) is 0 Å². The van der Waals surface area contributed by atoms with E-state index in [9.17, 15) is 13.2 Å². The Morgan fingerprint density at radius 3 is 2.67 bits per heavy atom. The second-order valence-electron chi connectivity index (χ2n) is 4.81. The Morgan fingerprint density at radius 1 is 1.43 bits per heavy atom. The molecule has 1 amide bonds. The summed E-state index contributed by atoms with van der Waals surface area (Å²) in [5.41, 5.74) is 0. The maximum Gasteiger partial charge on any atom is 0.271 e. The minimum atomic E-state index is -3.84. The monoisotopic (exact) mass is 317 g/mol. The van der Waals surface area contributed by atoms with Crippen LogP contribution in [-0.2, 0) is 26.1 Å². The van der Waals surface area contributed by atoms with E-state index < -0.39 is 16.1 Å². The fourth-order valence-corrected chi connectivity index (χ4v) is 2.49. The van der Waals surface area contributed by atoms with Gasteiger partial charge in [0.25, 0.3) is 10.0 Å². The highest BCUT2D eigenvalue weighted by Crippen LogP contribution is 2.12. The molecule has 9 heteroatoms. The number of ether oxygens (including phenoxy) is 1. The molecule has 2 rings (SSSR count). The summed E-state index contributed by atoms with van der Waals surface area (Å²) < 4.78 is 32.5. The van der Waals surface area contributed by atoms with Crippen molar-refractivity contribution in [2.24, 2.45) is 5.14 Å². The largest absolute Gasteiger partial charge is 0.447 e. The molecule has 21 heavy (non-hydrogen) atoms. The zero-order valence-corrected chi connectivity index (χ0v) is 12.6. The van der Waals surface area contributed by atoms with Crippen LogP contribution in [0, 0.1) is 0 Å². The first-order valence-electron chi connectivity index (χ1n) is 6.59. The van der Waals surface area contributed by atoms with E-state index in [1.807, 2.05) is 0 Å². The predicted molar refractivity (Wildman–Crippen MR) is 73.8 cm³/mol. The van der Waals surface area contributed by atoms with Gasteiger partial charge in [0.2, 0.25) is 11.0 Å². The minimum absolute atomic E-state index is 0.0171. The van der Waals surface area contributed by atoms with Gasteiger partial charge in [-0.2, -0.15) is 0 Å². The number of furan rings is 1. The van der Waals surface area contributed by atoms with Crippen LogP contribution in [0.3, 0.4) is 0 Å². The quantitative estimate of drug-likeness (QED) is 0.739. The number of rotatable bonds is 5. The Labute approximate surface area is 123 Å². The van der Waals surface area contributed by atoms with E-state index in [4.69, 9.17) is 14.3 Å². The molecule has 0 spiro atoms. The van der Waals surface area contributed by atoms with Gasteiger partial charge in [-0.3, -0.25) is 10.1 Å². The van der Waals surface area contributed by atoms with Crippen LogP contribution in [0.2, 0.25) is 0 Å². The second-order valence-corrected chi connectivity index (χ2v) is 6.30. The highest BCUT2D eigenvalue weighted by Gasteiger charge is 2.22. The Kier molecular flexibility index (Phi) is 4.99. The maximum absolute atomic E-state index is 12.1. The Balaban J connectivity index is 1.87. The molecule has 2 heterocycles. The van der Waals surface area contributed by atoms with Crippen molar-refractivity contribution in [2.75, 3.05) is 26.3 Å². The number of hydrogen-bond donors (Lipinski definition) is 2. The van der Waals surface area contributed by atoms with Crippen LogP contribution in [0.15, 0.2) is 21.6 Å². The first-order chi connectivity index (χ1) is 9.88. The summed E-state index contributed by atoms with van der Waals surface area (Å²) in [4.78, 5) is 13.9. The Morgan fingerprint density at radius 2 is 2.10 bits per heavy atom. The van der Waals surface area contributed by atoms with Gasteiger partial charge in [-0.15, -0.1) is 0 Å². The first-order valence-corrected chi connectivity index (χ1v) is 8.14. The number of primary sulfonamides is 1. The molecular weight excluding hydrogens is 298 g/mol. The number of nitrogens with one attached hydrogen (secondary N) is 1. The zero-order valence-electron chi connectivity index (χ0n) is 11.7. The number of nitrogens with zero attached hydrogens (tertiary/aromatic N) is 1. The molecule has 1 unspecified atom stereocenters. The van der Waals surface area contributed by atoms with Gasteiger partial charge in [-0.25, -0.2) is 13.6 Å². The normalized spacial score (nSPS) is 17.7. The van der Waals surface area contributed by atoms with Crippen LogP contribution in [-0.4, -0.2) is 51.6 Å². The topological polar surface area (TPSA) is 115 Å². The summed E-state index contributed by atoms with van der Waals surface area (Å²) in [6.45, 7) is 4.26. The highest BCUT2D eigenvalue weighted by molar-refractivity contribution is 7.89. The van der Waals surface area contributed by atoms with E-state index >= 15 is 0 Å². The summed E-state index contributed by atoms with van der Waals surface area (Å²) in [7, 11) is -3.84. The van der Waals surface area contributed by atoms with Crippen molar-refractivity contribution < 1.29 is 22.4 Å². The average Bonchev–Trinajstić information content (AvgIpc) is 2.94. The van der Waals surface area contributed by atoms with Crippen molar-refractivity contribution in [3.63, 3.8) is 0 Å². The number of carbonyl (C=O) groups is 1. The molecule has 0 aromatic carbocycles. The molecule has 1 saturated heterocycles. The van der Waals surface area contributed by atoms with Gasteiger partial charge in [0.1, 0.15) is 5.76 Å². The zero-order chi connectivity index (χ0) is 15.5. The van der Waals surface area contributed by atoms with E-state index in [-0.39, 0.29) is 17.5 Å². The van der Waals surface area contributed by atoms with Crippen molar-refractivity contribution in [2.45, 2.75) is 24.6 Å². The van der Waals surface area contributed by atoms with E-state index in [0.29, 0.717) is 32.1 Å². The van der Waals surface area contributed by atoms with Gasteiger partial charge in [0.15, 0.2) is 0 Å². The van der Waals surface area contributed by atoms with Crippen LogP contribution in [0.4, 0.5) is 0 Å². The lowest BCUT2D eigenvalue weighted by molar-refractivity contribution is -0.137. The molecular formula is C12H19N3O5S. The van der Waals surface area contributed by atoms with Gasteiger partial charge in [0.05, 0.1) is 25.8 Å². The van der Waals surface area contributed by atoms with E-state index in [0.717, 1.165) is 0 Å². The lowest BCUT2D eigenvalue weighted by Crippen LogP contribution is -2.49. The van der Waals surface area contributed by atoms with Gasteiger partial charge >= 0.3 is 0 Å². The summed E-state index contributed by atoms with van der Waals surface area (Å²) in [5, 5.41) is 7.67. The van der Waals surface area contributed by atoms with Crippen molar-refractivity contribution in [1.29, 1.82) is 0 Å². The molecule has 118 valence electrons. The lowest BCUT2D eigenvalue weighted by atomic mass is 10.2. The molecule has 1 aliphatic heterocycles. The van der Waals surface area contributed by atoms with Gasteiger partial charge in [0, 0.05) is 13.1 Å². The van der Waals surface area contributed by atoms with Crippen molar-refractivity contribution in [1.82, 2.24) is 10.2 Å². The third-order valence-corrected chi connectivity index (χ3v) is 3.97. The third-order valence-electron chi connectivity index (χ3n) is 3.19. The number of nitrogens with two attached hydrogens (primary N) is 1. The number of morpholine rings is 1. The molecule has 0 radical (unpaired) electrons. The number of amides is 1. The lowest BCUT2D eigenvalue weighted by Gasteiger charge is -2.29. The molecule has 3 N–H and O–H groups in total. The van der Waals surface area contributed by atoms with E-state index in [1.54, 1.807) is 11.8 Å². The Bertz CT molecular complexity index is 592. The predicted octanol–water partition coefficient (Wildman–Crippen LogP) is -0.736. The van der Waals surface area contributed by atoms with Crippen molar-refractivity contribution >= 4 is 15.9 Å². The molecule has 0 aliphatic carbocycles. The van der Waals surface area contributed by atoms with Gasteiger partial charge in [-0.1, -0.05) is 0 Å². The van der Waals surface area contributed by atoms with Gasteiger partial charge < -0.3 is 14.1 Å². The number of carbonyl (C=O) groups excluding carboxylic acids is 1. The smallest absolute Gasteiger partial charge is 0.271 e. The highest BCUT2D eigenvalue weighted by atomic mass is 32.2. The maximum atomic E-state index is 12.1. The van der Waals surface area contributed by atoms with E-state index in [1.165, 1.54) is 12.1 Å². The minimum Gasteiger partial charge on any atom is -0.447 e. The fourth-order valence-electron chi connectivity index (χ4n) is 2.00. The average molecular weight is 317 g/mol. The van der Waals surface area contributed by atoms with Crippen LogP contribution >= 0.6 is 0 Å². The molecule has 1 fully saturated rings. The van der Waals surface area contributed by atoms with Crippen LogP contribution in [0.1, 0.15) is 12.7 Å². The first kappa shape index (κ1) is 16.0. The Hall–Kier alpha value is -1.42. The number of hydrogen-bond acceptors (Lipinski definition) is 6.